The van der Waals surface area contributed by atoms with Crippen LogP contribution in [0.4, 0.5) is 0 Å². The van der Waals surface area contributed by atoms with Gasteiger partial charge in [-0.3, -0.25) is 0 Å². The van der Waals surface area contributed by atoms with Gasteiger partial charge in [-0.1, -0.05) is 18.2 Å². The van der Waals surface area contributed by atoms with Crippen molar-refractivity contribution in [1.29, 1.82) is 0 Å². The summed E-state index contributed by atoms with van der Waals surface area (Å²) in [5, 5.41) is 33.5. The van der Waals surface area contributed by atoms with Crippen LogP contribution in [0.3, 0.4) is 0 Å². The largest absolute Gasteiger partial charge is 3.00 e. The number of rotatable bonds is 6. The smallest absolute Gasteiger partial charge is 0.543 e. The van der Waals surface area contributed by atoms with Crippen molar-refractivity contribution >= 4 is 41.4 Å². The maximum Gasteiger partial charge on any atom is 3.00 e. The van der Waals surface area contributed by atoms with E-state index in [9.17, 15) is 34.3 Å². The van der Waals surface area contributed by atoms with Gasteiger partial charge in [-0.15, -0.1) is 0 Å². The molecule has 0 saturated carbocycles. The molecule has 151 valence electrons. The zero-order valence-corrected chi connectivity index (χ0v) is 17.9. The normalized spacial score (nSPS) is 10.7. The molecule has 0 aromatic carbocycles. The topological polar surface area (TPSA) is 176 Å². The Morgan fingerprint density at radius 1 is 0.600 bits per heavy atom. The molecular formula is C18H9GdN3O7P. The summed E-state index contributed by atoms with van der Waals surface area (Å²) in [4.78, 5) is 45.0. The van der Waals surface area contributed by atoms with Gasteiger partial charge in [0.25, 0.3) is 0 Å². The van der Waals surface area contributed by atoms with Gasteiger partial charge >= 0.3 is 39.9 Å². The number of carbonyl (C=O) groups excluding carboxylic acids is 3. The Kier molecular flexibility index (Phi) is 7.49. The molecule has 0 bridgehead atoms. The number of carboxylic acid groups (broad SMARTS) is 3. The van der Waals surface area contributed by atoms with Crippen molar-refractivity contribution in [3.05, 3.63) is 71.7 Å². The molecule has 0 fully saturated rings. The van der Waals surface area contributed by atoms with Gasteiger partial charge in [-0.25, -0.2) is 15.0 Å². The third kappa shape index (κ3) is 4.60. The minimum Gasteiger partial charge on any atom is -0.543 e. The van der Waals surface area contributed by atoms with Crippen molar-refractivity contribution in [3.8, 4) is 0 Å². The fourth-order valence-corrected chi connectivity index (χ4v) is 4.83. The first kappa shape index (κ1) is 23.7. The number of aromatic carboxylic acids is 3. The van der Waals surface area contributed by atoms with Gasteiger partial charge < -0.3 is 34.3 Å². The molecule has 3 aromatic heterocycles. The summed E-state index contributed by atoms with van der Waals surface area (Å²) >= 11 is 0. The molecule has 0 N–H and O–H groups in total. The third-order valence-corrected chi connectivity index (χ3v) is 6.48. The van der Waals surface area contributed by atoms with Crippen LogP contribution in [-0.4, -0.2) is 32.9 Å². The molecule has 0 unspecified atom stereocenters. The molecule has 12 heteroatoms. The molecule has 10 nitrogen and oxygen atoms in total. The van der Waals surface area contributed by atoms with Gasteiger partial charge in [0, 0.05) is 0 Å². The van der Waals surface area contributed by atoms with Crippen LogP contribution in [0.2, 0.25) is 0 Å². The van der Waals surface area contributed by atoms with E-state index in [0.717, 1.165) is 18.2 Å². The molecule has 0 spiro atoms. The standard InChI is InChI=1S/C18H12N3O7P.Gd/c22-16(23)10-4-1-7-13(19-10)29(28,14-8-2-5-11(20-14)17(24)25)15-9-3-6-12(21-15)18(26)27;/h1-9H,(H,22,23)(H,24,25)(H,26,27);/q;+3/p-3. The monoisotopic (exact) mass is 568 g/mol. The molecule has 0 saturated heterocycles. The Balaban J connectivity index is 0.00000320. The van der Waals surface area contributed by atoms with Crippen molar-refractivity contribution in [1.82, 2.24) is 15.0 Å². The Bertz CT molecular complexity index is 1060. The van der Waals surface area contributed by atoms with Crippen LogP contribution >= 0.6 is 7.14 Å². The third-order valence-electron chi connectivity index (χ3n) is 3.80. The Morgan fingerprint density at radius 2 is 0.867 bits per heavy atom. The van der Waals surface area contributed by atoms with Gasteiger partial charge in [0.1, 0.15) is 16.3 Å². The predicted octanol–water partition coefficient (Wildman–Crippen LogP) is -3.40. The van der Waals surface area contributed by atoms with E-state index >= 15 is 0 Å². The van der Waals surface area contributed by atoms with E-state index in [2.05, 4.69) is 15.0 Å². The quantitative estimate of drug-likeness (QED) is 0.273. The van der Waals surface area contributed by atoms with Gasteiger partial charge in [0.05, 0.1) is 35.0 Å². The summed E-state index contributed by atoms with van der Waals surface area (Å²) in [5.41, 5.74) is -2.50. The Labute approximate surface area is 201 Å². The molecule has 3 aromatic rings. The van der Waals surface area contributed by atoms with Gasteiger partial charge in [-0.05, 0) is 36.4 Å². The number of nitrogens with zero attached hydrogens (tertiary/aromatic N) is 3. The summed E-state index contributed by atoms with van der Waals surface area (Å²) in [6, 6.07) is 10.8. The molecule has 0 aliphatic carbocycles. The second-order valence-corrected chi connectivity index (χ2v) is 8.21. The molecule has 1 radical (unpaired) electrons. The Hall–Kier alpha value is -2.59. The van der Waals surface area contributed by atoms with E-state index in [1.165, 1.54) is 36.4 Å². The van der Waals surface area contributed by atoms with E-state index in [1.54, 1.807) is 0 Å². The van der Waals surface area contributed by atoms with Crippen molar-refractivity contribution in [2.75, 3.05) is 0 Å². The van der Waals surface area contributed by atoms with E-state index in [0.29, 0.717) is 0 Å². The molecule has 0 aliphatic heterocycles. The summed E-state index contributed by atoms with van der Waals surface area (Å²) in [5.74, 6) is -4.90. The number of pyridine rings is 3. The summed E-state index contributed by atoms with van der Waals surface area (Å²) in [6.07, 6.45) is 0. The first-order valence-corrected chi connectivity index (χ1v) is 9.61. The summed E-state index contributed by atoms with van der Waals surface area (Å²) < 4.78 is 14.1. The zero-order valence-electron chi connectivity index (χ0n) is 14.7. The fourth-order valence-electron chi connectivity index (χ4n) is 2.49. The number of hydrogen-bond acceptors (Lipinski definition) is 10. The number of aromatic nitrogens is 3. The van der Waals surface area contributed by atoms with Crippen molar-refractivity contribution in [2.24, 2.45) is 0 Å². The fraction of sp³-hybridized carbons (Fsp3) is 0. The molecule has 30 heavy (non-hydrogen) atoms. The zero-order chi connectivity index (χ0) is 21.2. The van der Waals surface area contributed by atoms with Crippen molar-refractivity contribution < 1.29 is 74.2 Å². The summed E-state index contributed by atoms with van der Waals surface area (Å²) in [7, 11) is -4.18. The SMILES string of the molecule is O=C([O-])c1cccc(P(=O)(c2cccc(C(=O)[O-])n2)c2cccc(C(=O)[O-])n2)n1.[Gd+3]. The van der Waals surface area contributed by atoms with Gasteiger partial charge in [0.2, 0.25) is 7.14 Å². The average Bonchev–Trinajstić information content (AvgIpc) is 2.73. The van der Waals surface area contributed by atoms with Crippen LogP contribution in [0.15, 0.2) is 54.6 Å². The number of hydrogen-bond donors (Lipinski definition) is 0. The van der Waals surface area contributed by atoms with Crippen molar-refractivity contribution in [2.45, 2.75) is 0 Å². The van der Waals surface area contributed by atoms with Gasteiger partial charge in [-0.2, -0.15) is 0 Å². The average molecular weight is 568 g/mol. The second kappa shape index (κ2) is 9.48. The van der Waals surface area contributed by atoms with Crippen LogP contribution in [-0.2, 0) is 4.57 Å². The van der Waals surface area contributed by atoms with Gasteiger partial charge in [0.15, 0.2) is 0 Å². The molecule has 3 heterocycles. The molecule has 0 aliphatic rings. The van der Waals surface area contributed by atoms with E-state index in [-0.39, 0.29) is 56.2 Å². The molecule has 0 atom stereocenters. The maximum atomic E-state index is 14.1. The van der Waals surface area contributed by atoms with E-state index in [1.807, 2.05) is 0 Å². The van der Waals surface area contributed by atoms with E-state index in [4.69, 9.17) is 0 Å². The Morgan fingerprint density at radius 3 is 1.10 bits per heavy atom. The van der Waals surface area contributed by atoms with Crippen LogP contribution in [0, 0.1) is 39.9 Å². The maximum absolute atomic E-state index is 14.1. The van der Waals surface area contributed by atoms with Crippen LogP contribution in [0.1, 0.15) is 31.5 Å². The minimum atomic E-state index is -4.18. The first-order valence-electron chi connectivity index (χ1n) is 7.90. The molecule has 3 rings (SSSR count). The van der Waals surface area contributed by atoms with E-state index < -0.39 is 42.1 Å². The van der Waals surface area contributed by atoms with Crippen LogP contribution < -0.4 is 31.6 Å². The first-order chi connectivity index (χ1) is 13.7. The molecular weight excluding hydrogens is 558 g/mol. The summed E-state index contributed by atoms with van der Waals surface area (Å²) in [6.45, 7) is 0. The van der Waals surface area contributed by atoms with Crippen LogP contribution in [0.25, 0.3) is 0 Å². The number of carboxylic acids is 3. The van der Waals surface area contributed by atoms with Crippen molar-refractivity contribution in [3.63, 3.8) is 0 Å². The second-order valence-electron chi connectivity index (χ2n) is 5.61. The number of carbonyl (C=O) groups is 3. The molecule has 0 amide bonds. The van der Waals surface area contributed by atoms with Crippen LogP contribution in [0.5, 0.6) is 0 Å². The predicted molar refractivity (Wildman–Crippen MR) is 92.2 cm³/mol. The minimum absolute atomic E-state index is 0.